The summed E-state index contributed by atoms with van der Waals surface area (Å²) in [5.74, 6) is -3.25. The first kappa shape index (κ1) is 35.7. The molecule has 1 saturated carbocycles. The van der Waals surface area contributed by atoms with Gasteiger partial charge in [-0.3, -0.25) is 19.2 Å². The number of rotatable bonds is 12. The van der Waals surface area contributed by atoms with Gasteiger partial charge in [-0.2, -0.15) is 0 Å². The SMILES string of the molecule is CO[C@@H]1O[C@H](COC(C)=O)[C@@H](OC(C)=O)[C@H](N[C@@H]2C[C@H](COCc3ccccc3)[C@@H]3OC(C)(C)O[C@@H]3[C@H]2OC(C)=O)[C@H]1NC(C)=O. The van der Waals surface area contributed by atoms with Gasteiger partial charge in [-0.05, 0) is 25.8 Å². The van der Waals surface area contributed by atoms with Crippen LogP contribution in [0.1, 0.15) is 53.5 Å². The van der Waals surface area contributed by atoms with Crippen LogP contribution in [-0.4, -0.2) is 105 Å². The monoisotopic (exact) mass is 650 g/mol. The minimum absolute atomic E-state index is 0.207. The minimum atomic E-state index is -1.05. The maximum atomic E-state index is 12.4. The van der Waals surface area contributed by atoms with Crippen LogP contribution in [0, 0.1) is 5.92 Å². The van der Waals surface area contributed by atoms with Crippen LogP contribution in [0.15, 0.2) is 30.3 Å². The van der Waals surface area contributed by atoms with Crippen LogP contribution >= 0.6 is 0 Å². The zero-order valence-corrected chi connectivity index (χ0v) is 27.4. The number of ether oxygens (including phenoxy) is 8. The van der Waals surface area contributed by atoms with Gasteiger partial charge in [-0.25, -0.2) is 0 Å². The van der Waals surface area contributed by atoms with Crippen molar-refractivity contribution in [3.05, 3.63) is 35.9 Å². The average molecular weight is 651 g/mol. The van der Waals surface area contributed by atoms with Crippen molar-refractivity contribution in [2.24, 2.45) is 5.92 Å². The van der Waals surface area contributed by atoms with E-state index in [0.717, 1.165) is 5.56 Å². The molecule has 14 heteroatoms. The smallest absolute Gasteiger partial charge is 0.303 e. The molecule has 0 spiro atoms. The van der Waals surface area contributed by atoms with E-state index < -0.39 is 78.6 Å². The first-order valence-electron chi connectivity index (χ1n) is 15.4. The van der Waals surface area contributed by atoms with E-state index in [-0.39, 0.29) is 18.4 Å². The molecule has 2 aliphatic heterocycles. The Bertz CT molecular complexity index is 1210. The van der Waals surface area contributed by atoms with Crippen LogP contribution in [0.2, 0.25) is 0 Å². The maximum absolute atomic E-state index is 12.4. The predicted molar refractivity (Wildman–Crippen MR) is 160 cm³/mol. The molecule has 1 aromatic rings. The van der Waals surface area contributed by atoms with Crippen LogP contribution in [-0.2, 0) is 63.7 Å². The lowest BCUT2D eigenvalue weighted by Crippen LogP contribution is -2.72. The number of carbonyl (C=O) groups excluding carboxylic acids is 4. The van der Waals surface area contributed by atoms with Crippen molar-refractivity contribution in [2.75, 3.05) is 20.3 Å². The van der Waals surface area contributed by atoms with E-state index in [1.165, 1.54) is 34.8 Å². The second kappa shape index (κ2) is 15.6. The van der Waals surface area contributed by atoms with Gasteiger partial charge in [0.25, 0.3) is 0 Å². The molecule has 0 radical (unpaired) electrons. The van der Waals surface area contributed by atoms with Crippen LogP contribution in [0.5, 0.6) is 0 Å². The van der Waals surface area contributed by atoms with E-state index in [9.17, 15) is 19.2 Å². The molecular formula is C32H46N2O12. The lowest BCUT2D eigenvalue weighted by atomic mass is 9.78. The molecule has 2 N–H and O–H groups in total. The van der Waals surface area contributed by atoms with E-state index >= 15 is 0 Å². The second-order valence-electron chi connectivity index (χ2n) is 12.3. The first-order chi connectivity index (χ1) is 21.8. The Labute approximate surface area is 269 Å². The minimum Gasteiger partial charge on any atom is -0.463 e. The second-order valence-corrected chi connectivity index (χ2v) is 12.3. The van der Waals surface area contributed by atoms with Crippen molar-refractivity contribution in [1.82, 2.24) is 10.6 Å². The van der Waals surface area contributed by atoms with Gasteiger partial charge in [-0.1, -0.05) is 30.3 Å². The molecule has 1 amide bonds. The van der Waals surface area contributed by atoms with Crippen LogP contribution in [0.3, 0.4) is 0 Å². The van der Waals surface area contributed by atoms with Crippen molar-refractivity contribution >= 4 is 23.8 Å². The number of hydrogen-bond donors (Lipinski definition) is 2. The molecule has 0 aromatic heterocycles. The van der Waals surface area contributed by atoms with Crippen LogP contribution < -0.4 is 10.6 Å². The predicted octanol–water partition coefficient (Wildman–Crippen LogP) is 1.37. The lowest BCUT2D eigenvalue weighted by Gasteiger charge is -2.49. The molecular weight excluding hydrogens is 604 g/mol. The van der Waals surface area contributed by atoms with Gasteiger partial charge in [0, 0.05) is 46.8 Å². The molecule has 46 heavy (non-hydrogen) atoms. The fourth-order valence-electron chi connectivity index (χ4n) is 6.48. The van der Waals surface area contributed by atoms with Gasteiger partial charge in [0.1, 0.15) is 31.0 Å². The average Bonchev–Trinajstić information content (AvgIpc) is 3.31. The number of methoxy groups -OCH3 is 1. The van der Waals surface area contributed by atoms with Gasteiger partial charge in [0.2, 0.25) is 5.91 Å². The van der Waals surface area contributed by atoms with Crippen molar-refractivity contribution in [1.29, 1.82) is 0 Å². The first-order valence-corrected chi connectivity index (χ1v) is 15.4. The van der Waals surface area contributed by atoms with E-state index in [0.29, 0.717) is 19.6 Å². The summed E-state index contributed by atoms with van der Waals surface area (Å²) in [6.07, 6.45) is -4.59. The molecule has 4 rings (SSSR count). The number of nitrogens with one attached hydrogen (secondary N) is 2. The maximum Gasteiger partial charge on any atom is 0.303 e. The van der Waals surface area contributed by atoms with Gasteiger partial charge >= 0.3 is 17.9 Å². The van der Waals surface area contributed by atoms with E-state index in [1.807, 2.05) is 30.3 Å². The van der Waals surface area contributed by atoms with Gasteiger partial charge in [-0.15, -0.1) is 0 Å². The third kappa shape index (κ3) is 9.23. The summed E-state index contributed by atoms with van der Waals surface area (Å²) in [5.41, 5.74) is 1.01. The molecule has 256 valence electrons. The molecule has 2 saturated heterocycles. The zero-order chi connectivity index (χ0) is 33.6. The van der Waals surface area contributed by atoms with E-state index in [2.05, 4.69) is 10.6 Å². The summed E-state index contributed by atoms with van der Waals surface area (Å²) >= 11 is 0. The molecule has 0 unspecified atom stereocenters. The standard InChI is InChI=1S/C32H46N2O12/c1-17(35)33-26-25(29(43-20(4)38)24(16-41-18(2)36)44-31(26)39-7)34-23-13-22(15-40-14-21-11-9-8-10-12-21)27-30(28(23)42-19(3)37)46-32(5,6)45-27/h8-12,22-31,34H,13-16H2,1-7H3,(H,33,35)/t22-,23-,24-,25-,26-,27+,28+,29-,30+,31-/m1/s1. The quantitative estimate of drug-likeness (QED) is 0.246. The van der Waals surface area contributed by atoms with E-state index in [1.54, 1.807) is 13.8 Å². The Morgan fingerprint density at radius 3 is 2.13 bits per heavy atom. The summed E-state index contributed by atoms with van der Waals surface area (Å²) in [6, 6.07) is 7.44. The Morgan fingerprint density at radius 1 is 0.870 bits per heavy atom. The number of benzene rings is 1. The van der Waals surface area contributed by atoms with Crippen LogP contribution in [0.4, 0.5) is 0 Å². The number of amides is 1. The normalized spacial score (nSPS) is 33.4. The number of fused-ring (bicyclic) bond motifs is 1. The largest absolute Gasteiger partial charge is 0.463 e. The van der Waals surface area contributed by atoms with Crippen molar-refractivity contribution in [2.45, 2.75) is 115 Å². The summed E-state index contributed by atoms with van der Waals surface area (Å²) in [6.45, 7) is 9.19. The van der Waals surface area contributed by atoms with Crippen molar-refractivity contribution in [3.8, 4) is 0 Å². The molecule has 3 fully saturated rings. The van der Waals surface area contributed by atoms with E-state index in [4.69, 9.17) is 37.9 Å². The van der Waals surface area contributed by atoms with Gasteiger partial charge in [0.15, 0.2) is 12.1 Å². The highest BCUT2D eigenvalue weighted by Crippen LogP contribution is 2.42. The Hall–Kier alpha value is -3.14. The Kier molecular flexibility index (Phi) is 12.1. The lowest BCUT2D eigenvalue weighted by molar-refractivity contribution is -0.250. The summed E-state index contributed by atoms with van der Waals surface area (Å²) in [5, 5.41) is 6.37. The van der Waals surface area contributed by atoms with Gasteiger partial charge < -0.3 is 48.5 Å². The fraction of sp³-hybridized carbons (Fsp3) is 0.688. The number of carbonyl (C=O) groups is 4. The molecule has 0 bridgehead atoms. The highest BCUT2D eigenvalue weighted by Gasteiger charge is 2.58. The molecule has 14 nitrogen and oxygen atoms in total. The van der Waals surface area contributed by atoms with Gasteiger partial charge in [0.05, 0.1) is 31.4 Å². The molecule has 10 atom stereocenters. The molecule has 1 aliphatic carbocycles. The van der Waals surface area contributed by atoms with Crippen LogP contribution in [0.25, 0.3) is 0 Å². The Balaban J connectivity index is 1.69. The number of esters is 3. The third-order valence-corrected chi connectivity index (χ3v) is 8.12. The zero-order valence-electron chi connectivity index (χ0n) is 27.4. The highest BCUT2D eigenvalue weighted by molar-refractivity contribution is 5.73. The summed E-state index contributed by atoms with van der Waals surface area (Å²) in [7, 11) is 1.41. The molecule has 3 aliphatic rings. The number of hydrogen-bond acceptors (Lipinski definition) is 13. The summed E-state index contributed by atoms with van der Waals surface area (Å²) < 4.78 is 47.4. The molecule has 2 heterocycles. The van der Waals surface area contributed by atoms with Crippen molar-refractivity contribution in [3.63, 3.8) is 0 Å². The summed E-state index contributed by atoms with van der Waals surface area (Å²) in [4.78, 5) is 48.9. The van der Waals surface area contributed by atoms with Crippen molar-refractivity contribution < 1.29 is 57.1 Å². The molecule has 1 aromatic carbocycles. The fourth-order valence-corrected chi connectivity index (χ4v) is 6.48. The third-order valence-electron chi connectivity index (χ3n) is 8.12. The highest BCUT2D eigenvalue weighted by atomic mass is 16.8. The topological polar surface area (TPSA) is 166 Å². The Morgan fingerprint density at radius 2 is 1.52 bits per heavy atom.